The zero-order valence-electron chi connectivity index (χ0n) is 19.3. The number of nitrogens with zero attached hydrogens (tertiary/aromatic N) is 4. The number of aromatic amines is 1. The minimum absolute atomic E-state index is 0.00684. The van der Waals surface area contributed by atoms with Crippen LogP contribution >= 0.6 is 0 Å². The van der Waals surface area contributed by atoms with E-state index in [1.54, 1.807) is 0 Å². The fourth-order valence-electron chi connectivity index (χ4n) is 3.48. The van der Waals surface area contributed by atoms with Gasteiger partial charge in [-0.15, -0.1) is 0 Å². The fourth-order valence-corrected chi connectivity index (χ4v) is 3.48. The number of hydrogen-bond acceptors (Lipinski definition) is 8. The summed E-state index contributed by atoms with van der Waals surface area (Å²) in [5, 5.41) is 0. The number of carbonyl (C=O) groups is 1. The van der Waals surface area contributed by atoms with Gasteiger partial charge in [-0.1, -0.05) is 27.7 Å². The molecule has 0 saturated carbocycles. The Hall–Kier alpha value is -3.57. The molecule has 12 heteroatoms. The first kappa shape index (κ1) is 24.7. The molecule has 0 bridgehead atoms. The van der Waals surface area contributed by atoms with E-state index in [4.69, 9.17) is 11.5 Å². The summed E-state index contributed by atoms with van der Waals surface area (Å²) in [5.41, 5.74) is 8.85. The summed E-state index contributed by atoms with van der Waals surface area (Å²) >= 11 is 0. The molecule has 5 N–H and O–H groups in total. The van der Waals surface area contributed by atoms with E-state index in [-0.39, 0.29) is 47.8 Å². The molecule has 2 heterocycles. The van der Waals surface area contributed by atoms with Gasteiger partial charge in [-0.3, -0.25) is 33.1 Å². The van der Waals surface area contributed by atoms with Crippen molar-refractivity contribution in [2.24, 2.45) is 25.9 Å². The monoisotopic (exact) mass is 449 g/mol. The fraction of sp³-hybridized carbons (Fsp3) is 0.550. The molecule has 0 atom stereocenters. The topological polar surface area (TPSA) is 171 Å². The lowest BCUT2D eigenvalue weighted by Crippen LogP contribution is -2.45. The van der Waals surface area contributed by atoms with Gasteiger partial charge in [-0.25, -0.2) is 9.59 Å². The highest BCUT2D eigenvalue weighted by Gasteiger charge is 2.26. The normalized spacial score (nSPS) is 11.4. The van der Waals surface area contributed by atoms with Crippen molar-refractivity contribution in [3.8, 4) is 0 Å². The predicted octanol–water partition coefficient (Wildman–Crippen LogP) is -0.900. The Morgan fingerprint density at radius 3 is 2.09 bits per heavy atom. The molecule has 0 amide bonds. The van der Waals surface area contributed by atoms with E-state index in [2.05, 4.69) is 4.98 Å². The molecule has 176 valence electrons. The molecule has 0 spiro atoms. The molecule has 0 aliphatic carbocycles. The summed E-state index contributed by atoms with van der Waals surface area (Å²) < 4.78 is 3.05. The van der Waals surface area contributed by atoms with Crippen LogP contribution in [0.25, 0.3) is 0 Å². The minimum atomic E-state index is -0.827. The van der Waals surface area contributed by atoms with Crippen LogP contribution in [-0.2, 0) is 20.6 Å². The van der Waals surface area contributed by atoms with Crippen molar-refractivity contribution >= 4 is 23.1 Å². The smallest absolute Gasteiger partial charge is 0.332 e. The summed E-state index contributed by atoms with van der Waals surface area (Å²) in [5.74, 6) is -0.934. The molecule has 0 unspecified atom stereocenters. The van der Waals surface area contributed by atoms with Crippen LogP contribution in [0.2, 0.25) is 0 Å². The molecule has 0 radical (unpaired) electrons. The van der Waals surface area contributed by atoms with Crippen LogP contribution in [0.15, 0.2) is 19.2 Å². The Morgan fingerprint density at radius 1 is 0.969 bits per heavy atom. The Labute approximate surface area is 184 Å². The number of Topliss-reactive ketones (excluding diaryl/α,β-unsaturated/α-hetero) is 1. The van der Waals surface area contributed by atoms with Crippen molar-refractivity contribution in [3.05, 3.63) is 47.2 Å². The van der Waals surface area contributed by atoms with Crippen molar-refractivity contribution in [1.29, 1.82) is 0 Å². The van der Waals surface area contributed by atoms with Crippen LogP contribution in [0, 0.1) is 11.8 Å². The number of anilines is 3. The lowest BCUT2D eigenvalue weighted by atomic mass is 10.1. The Morgan fingerprint density at radius 2 is 1.56 bits per heavy atom. The van der Waals surface area contributed by atoms with Gasteiger partial charge in [-0.2, -0.15) is 0 Å². The molecule has 2 aromatic heterocycles. The minimum Gasteiger partial charge on any atom is -0.384 e. The second-order valence-electron chi connectivity index (χ2n) is 8.66. The first-order chi connectivity index (χ1) is 14.8. The maximum atomic E-state index is 13.1. The molecule has 0 saturated heterocycles. The third kappa shape index (κ3) is 4.68. The molecule has 2 aromatic rings. The van der Waals surface area contributed by atoms with Gasteiger partial charge < -0.3 is 16.4 Å². The molecule has 0 aromatic carbocycles. The van der Waals surface area contributed by atoms with Crippen LogP contribution in [0.4, 0.5) is 17.3 Å². The van der Waals surface area contributed by atoms with Gasteiger partial charge in [0, 0.05) is 27.2 Å². The summed E-state index contributed by atoms with van der Waals surface area (Å²) in [4.78, 5) is 66.4. The summed E-state index contributed by atoms with van der Waals surface area (Å²) in [6, 6.07) is 0. The summed E-state index contributed by atoms with van der Waals surface area (Å²) in [7, 11) is 2.60. The lowest BCUT2D eigenvalue weighted by Gasteiger charge is -2.27. The largest absolute Gasteiger partial charge is 0.384 e. The van der Waals surface area contributed by atoms with E-state index < -0.39 is 34.8 Å². The zero-order chi connectivity index (χ0) is 24.5. The average molecular weight is 450 g/mol. The average Bonchev–Trinajstić information content (AvgIpc) is 2.67. The van der Waals surface area contributed by atoms with Crippen LogP contribution < -0.4 is 38.9 Å². The zero-order valence-corrected chi connectivity index (χ0v) is 19.3. The number of hydrogen-bond donors (Lipinski definition) is 3. The quantitative estimate of drug-likeness (QED) is 0.435. The van der Waals surface area contributed by atoms with E-state index in [1.807, 2.05) is 27.7 Å². The molecule has 0 aliphatic rings. The van der Waals surface area contributed by atoms with Crippen molar-refractivity contribution in [1.82, 2.24) is 18.7 Å². The highest BCUT2D eigenvalue weighted by atomic mass is 16.2. The second kappa shape index (κ2) is 9.28. The number of nitrogens with one attached hydrogen (secondary N) is 1. The van der Waals surface area contributed by atoms with Gasteiger partial charge in [0.25, 0.3) is 11.1 Å². The third-order valence-electron chi connectivity index (χ3n) is 4.99. The van der Waals surface area contributed by atoms with Gasteiger partial charge in [0.2, 0.25) is 0 Å². The molecule has 0 aliphatic heterocycles. The number of H-pyrrole nitrogens is 1. The van der Waals surface area contributed by atoms with Crippen LogP contribution in [0.5, 0.6) is 0 Å². The first-order valence-electron chi connectivity index (χ1n) is 10.2. The molecule has 32 heavy (non-hydrogen) atoms. The highest BCUT2D eigenvalue weighted by Crippen LogP contribution is 2.20. The molecule has 0 fully saturated rings. The van der Waals surface area contributed by atoms with Crippen molar-refractivity contribution in [2.45, 2.75) is 34.2 Å². The molecular weight excluding hydrogens is 418 g/mol. The van der Waals surface area contributed by atoms with Gasteiger partial charge in [0.05, 0.1) is 6.54 Å². The van der Waals surface area contributed by atoms with E-state index >= 15 is 0 Å². The number of nitrogens with two attached hydrogens (primary N) is 2. The number of aromatic nitrogens is 4. The van der Waals surface area contributed by atoms with Crippen LogP contribution in [0.1, 0.15) is 38.1 Å². The number of ketones is 1. The van der Waals surface area contributed by atoms with E-state index in [0.29, 0.717) is 0 Å². The first-order valence-corrected chi connectivity index (χ1v) is 10.2. The van der Waals surface area contributed by atoms with Gasteiger partial charge in [-0.05, 0) is 11.8 Å². The number of rotatable bonds is 8. The van der Waals surface area contributed by atoms with Gasteiger partial charge >= 0.3 is 11.4 Å². The lowest BCUT2D eigenvalue weighted by molar-refractivity contribution is 0.0996. The van der Waals surface area contributed by atoms with E-state index in [9.17, 15) is 24.0 Å². The van der Waals surface area contributed by atoms with Gasteiger partial charge in [0.1, 0.15) is 22.9 Å². The van der Waals surface area contributed by atoms with E-state index in [0.717, 1.165) is 9.13 Å². The maximum Gasteiger partial charge on any atom is 0.332 e. The summed E-state index contributed by atoms with van der Waals surface area (Å²) in [6.07, 6.45) is 0. The van der Waals surface area contributed by atoms with Crippen molar-refractivity contribution in [3.63, 3.8) is 0 Å². The van der Waals surface area contributed by atoms with E-state index in [1.165, 1.54) is 23.6 Å². The van der Waals surface area contributed by atoms with Crippen LogP contribution in [-0.4, -0.2) is 37.6 Å². The second-order valence-corrected chi connectivity index (χ2v) is 8.66. The Balaban J connectivity index is 2.65. The number of carbonyl (C=O) groups excluding carboxylic acids is 1. The molecule has 2 rings (SSSR count). The van der Waals surface area contributed by atoms with Gasteiger partial charge in [0.15, 0.2) is 5.78 Å². The predicted molar refractivity (Wildman–Crippen MR) is 123 cm³/mol. The van der Waals surface area contributed by atoms with Crippen LogP contribution in [0.3, 0.4) is 0 Å². The Kier molecular flexibility index (Phi) is 7.17. The number of nitrogen functional groups attached to an aromatic ring is 2. The third-order valence-corrected chi connectivity index (χ3v) is 4.99. The van der Waals surface area contributed by atoms with Crippen molar-refractivity contribution < 1.29 is 4.79 Å². The Bertz CT molecular complexity index is 1260. The highest BCUT2D eigenvalue weighted by molar-refractivity contribution is 6.02. The SMILES string of the molecule is CC(C)CN(CC(=O)c1c(N)n(C)c(=O)n(C)c1=O)c1c(N)n(CC(C)C)c(=O)[nH]c1=O. The molecular formula is C20H31N7O5. The van der Waals surface area contributed by atoms with Crippen molar-refractivity contribution in [2.75, 3.05) is 29.5 Å². The maximum absolute atomic E-state index is 13.1. The standard InChI is InChI=1S/C20H31N7O5/c1-10(2)7-26(14-16(22)27(8-11(3)4)19(31)23-17(14)29)9-12(28)13-15(21)24(5)20(32)25(6)18(13)30/h10-11H,7-9,21-22H2,1-6H3,(H,23,29,31). The molecule has 12 nitrogen and oxygen atoms in total. The summed E-state index contributed by atoms with van der Waals surface area (Å²) in [6.45, 7) is 7.66.